The first kappa shape index (κ1) is 26.3. The van der Waals surface area contributed by atoms with E-state index in [2.05, 4.69) is 16.0 Å². The summed E-state index contributed by atoms with van der Waals surface area (Å²) < 4.78 is 1.11. The fraction of sp³-hybridized carbons (Fsp3) is 0.276. The molecule has 3 aromatic carbocycles. The van der Waals surface area contributed by atoms with Gasteiger partial charge in [-0.25, -0.2) is 0 Å². The van der Waals surface area contributed by atoms with Gasteiger partial charge in [0, 0.05) is 24.5 Å². The molecule has 0 unspecified atom stereocenters. The van der Waals surface area contributed by atoms with E-state index < -0.39 is 29.6 Å². The highest BCUT2D eigenvalue weighted by molar-refractivity contribution is 7.17. The van der Waals surface area contributed by atoms with Crippen LogP contribution in [0.3, 0.4) is 0 Å². The molecule has 0 saturated heterocycles. The number of hydrogen-bond acceptors (Lipinski definition) is 5. The Bertz CT molecular complexity index is 1430. The summed E-state index contributed by atoms with van der Waals surface area (Å²) in [6.07, 6.45) is 0.0100. The zero-order valence-electron chi connectivity index (χ0n) is 21.2. The van der Waals surface area contributed by atoms with Crippen LogP contribution in [0.15, 0.2) is 72.1 Å². The molecular weight excluding hydrogens is 484 g/mol. The van der Waals surface area contributed by atoms with Gasteiger partial charge in [-0.05, 0) is 52.6 Å². The fourth-order valence-electron chi connectivity index (χ4n) is 4.31. The van der Waals surface area contributed by atoms with Gasteiger partial charge < -0.3 is 21.7 Å². The second kappa shape index (κ2) is 11.1. The van der Waals surface area contributed by atoms with Gasteiger partial charge in [0.2, 0.25) is 17.7 Å². The lowest BCUT2D eigenvalue weighted by Crippen LogP contribution is -2.59. The molecule has 4 rings (SSSR count). The van der Waals surface area contributed by atoms with E-state index in [1.165, 1.54) is 6.92 Å². The van der Waals surface area contributed by atoms with Crippen molar-refractivity contribution in [2.45, 2.75) is 51.4 Å². The Morgan fingerprint density at radius 2 is 1.51 bits per heavy atom. The maximum Gasteiger partial charge on any atom is 0.244 e. The quantitative estimate of drug-likeness (QED) is 0.254. The summed E-state index contributed by atoms with van der Waals surface area (Å²) in [4.78, 5) is 38.4. The van der Waals surface area contributed by atoms with Gasteiger partial charge in [-0.15, -0.1) is 11.3 Å². The van der Waals surface area contributed by atoms with E-state index >= 15 is 0 Å². The van der Waals surface area contributed by atoms with Gasteiger partial charge in [0.05, 0.1) is 5.54 Å². The zero-order chi connectivity index (χ0) is 26.6. The van der Waals surface area contributed by atoms with Gasteiger partial charge in [-0.1, -0.05) is 60.7 Å². The normalized spacial score (nSPS) is 13.2. The lowest BCUT2D eigenvalue weighted by molar-refractivity contribution is -0.132. The van der Waals surface area contributed by atoms with Crippen molar-refractivity contribution in [3.63, 3.8) is 0 Å². The monoisotopic (exact) mass is 516 g/mol. The lowest BCUT2D eigenvalue weighted by atomic mass is 10.00. The highest BCUT2D eigenvalue weighted by Gasteiger charge is 2.30. The topological polar surface area (TPSA) is 113 Å². The van der Waals surface area contributed by atoms with E-state index in [4.69, 9.17) is 5.73 Å². The third-order valence-electron chi connectivity index (χ3n) is 6.19. The van der Waals surface area contributed by atoms with E-state index in [1.807, 2.05) is 72.1 Å². The van der Waals surface area contributed by atoms with Crippen LogP contribution in [0.2, 0.25) is 0 Å². The Morgan fingerprint density at radius 1 is 0.838 bits per heavy atom. The number of hydrogen-bond donors (Lipinski definition) is 4. The summed E-state index contributed by atoms with van der Waals surface area (Å²) in [5, 5.41) is 13.8. The third-order valence-corrected chi connectivity index (χ3v) is 7.20. The number of nitrogens with one attached hydrogen (secondary N) is 3. The first-order valence-electron chi connectivity index (χ1n) is 12.2. The molecule has 7 nitrogen and oxygen atoms in total. The second-order valence-electron chi connectivity index (χ2n) is 9.81. The molecule has 0 saturated carbocycles. The molecule has 37 heavy (non-hydrogen) atoms. The van der Waals surface area contributed by atoms with Gasteiger partial charge in [0.25, 0.3) is 0 Å². The maximum atomic E-state index is 13.6. The van der Waals surface area contributed by atoms with Crippen molar-refractivity contribution < 1.29 is 14.4 Å². The van der Waals surface area contributed by atoms with Crippen LogP contribution >= 0.6 is 11.3 Å². The minimum Gasteiger partial charge on any atom is -0.342 e. The molecule has 0 aliphatic rings. The van der Waals surface area contributed by atoms with Gasteiger partial charge in [0.1, 0.15) is 12.2 Å². The molecule has 0 fully saturated rings. The van der Waals surface area contributed by atoms with Gasteiger partial charge in [-0.2, -0.15) is 0 Å². The lowest BCUT2D eigenvalue weighted by Gasteiger charge is -2.27. The molecule has 0 aliphatic heterocycles. The summed E-state index contributed by atoms with van der Waals surface area (Å²) in [5.41, 5.74) is 6.81. The number of carbonyl (C=O) groups is 3. The summed E-state index contributed by atoms with van der Waals surface area (Å²) >= 11 is 1.59. The van der Waals surface area contributed by atoms with Crippen molar-refractivity contribution >= 4 is 49.9 Å². The largest absolute Gasteiger partial charge is 0.342 e. The number of carbonyl (C=O) groups excluding carboxylic acids is 3. The van der Waals surface area contributed by atoms with Crippen molar-refractivity contribution in [1.82, 2.24) is 16.0 Å². The minimum atomic E-state index is -1.16. The molecule has 5 N–H and O–H groups in total. The molecule has 0 spiro atoms. The molecule has 2 atom stereocenters. The number of thiophene rings is 1. The first-order chi connectivity index (χ1) is 17.6. The van der Waals surface area contributed by atoms with Crippen molar-refractivity contribution in [2.75, 3.05) is 0 Å². The molecular formula is C29H32N4O3S. The molecule has 1 aromatic heterocycles. The van der Waals surface area contributed by atoms with Crippen LogP contribution in [-0.2, 0) is 27.2 Å². The number of rotatable bonds is 9. The summed E-state index contributed by atoms with van der Waals surface area (Å²) in [7, 11) is 0. The fourth-order valence-corrected chi connectivity index (χ4v) is 5.29. The predicted octanol–water partition coefficient (Wildman–Crippen LogP) is 3.64. The van der Waals surface area contributed by atoms with Crippen LogP contribution in [0, 0.1) is 0 Å². The standard InChI is InChI=1S/C29H32N4O3S/c1-18(34)31-26(16-20-11-8-10-19-9-4-5-12-22(19)20)33-27(35)24(32-28(36)29(2,3)30)15-21-17-37-25-14-7-6-13-23(21)25/h4-14,17,24,26H,15-16,30H2,1-3H3,(H,31,34)(H,32,36)(H,33,35)/t24-,26-/m1/s1. The average Bonchev–Trinajstić information content (AvgIpc) is 3.25. The Kier molecular flexibility index (Phi) is 7.90. The van der Waals surface area contributed by atoms with Crippen LogP contribution in [0.5, 0.6) is 0 Å². The van der Waals surface area contributed by atoms with E-state index in [0.29, 0.717) is 12.8 Å². The second-order valence-corrected chi connectivity index (χ2v) is 10.7. The number of amides is 3. The highest BCUT2D eigenvalue weighted by Crippen LogP contribution is 2.27. The minimum absolute atomic E-state index is 0.266. The van der Waals surface area contributed by atoms with Crippen molar-refractivity contribution in [3.05, 3.63) is 83.2 Å². The molecule has 0 radical (unpaired) electrons. The van der Waals surface area contributed by atoms with E-state index in [1.54, 1.807) is 25.2 Å². The average molecular weight is 517 g/mol. The van der Waals surface area contributed by atoms with E-state index in [-0.39, 0.29) is 5.91 Å². The van der Waals surface area contributed by atoms with E-state index in [0.717, 1.165) is 32.0 Å². The first-order valence-corrected chi connectivity index (χ1v) is 13.1. The maximum absolute atomic E-state index is 13.6. The summed E-state index contributed by atoms with van der Waals surface area (Å²) in [6, 6.07) is 21.0. The Balaban J connectivity index is 1.60. The summed E-state index contributed by atoms with van der Waals surface area (Å²) in [6.45, 7) is 4.60. The van der Waals surface area contributed by atoms with Crippen LogP contribution in [0.4, 0.5) is 0 Å². The van der Waals surface area contributed by atoms with Gasteiger partial charge in [-0.3, -0.25) is 14.4 Å². The molecule has 3 amide bonds. The highest BCUT2D eigenvalue weighted by atomic mass is 32.1. The molecule has 8 heteroatoms. The molecule has 192 valence electrons. The van der Waals surface area contributed by atoms with Crippen molar-refractivity contribution in [1.29, 1.82) is 0 Å². The van der Waals surface area contributed by atoms with Crippen LogP contribution in [0.1, 0.15) is 31.9 Å². The molecule has 4 aromatic rings. The Hall–Kier alpha value is -3.75. The van der Waals surface area contributed by atoms with Crippen LogP contribution in [0.25, 0.3) is 20.9 Å². The van der Waals surface area contributed by atoms with Gasteiger partial charge in [0.15, 0.2) is 0 Å². The molecule has 0 aliphatic carbocycles. The van der Waals surface area contributed by atoms with Crippen LogP contribution < -0.4 is 21.7 Å². The smallest absolute Gasteiger partial charge is 0.244 e. The Labute approximate surface area is 220 Å². The van der Waals surface area contributed by atoms with Crippen molar-refractivity contribution in [2.24, 2.45) is 5.73 Å². The number of nitrogens with two attached hydrogens (primary N) is 1. The van der Waals surface area contributed by atoms with Crippen molar-refractivity contribution in [3.8, 4) is 0 Å². The Morgan fingerprint density at radius 3 is 2.24 bits per heavy atom. The predicted molar refractivity (Wildman–Crippen MR) is 149 cm³/mol. The molecule has 0 bridgehead atoms. The van der Waals surface area contributed by atoms with Gasteiger partial charge >= 0.3 is 0 Å². The van der Waals surface area contributed by atoms with Crippen LogP contribution in [-0.4, -0.2) is 35.5 Å². The summed E-state index contributed by atoms with van der Waals surface area (Å²) in [5.74, 6) is -1.10. The SMILES string of the molecule is CC(=O)N[C@@H](Cc1cccc2ccccc12)NC(=O)[C@@H](Cc1csc2ccccc12)NC(=O)C(C)(C)N. The third kappa shape index (κ3) is 6.53. The zero-order valence-corrected chi connectivity index (χ0v) is 22.0. The molecule has 1 heterocycles. The number of fused-ring (bicyclic) bond motifs is 2. The number of benzene rings is 3. The van der Waals surface area contributed by atoms with E-state index in [9.17, 15) is 14.4 Å².